The monoisotopic (exact) mass is 344 g/mol. The SMILES string of the molecule is c1cc2nc(c1)-c1cccc(n1)C[n+]1ccn(c1)CCn1cc[n+](c1)C2. The summed E-state index contributed by atoms with van der Waals surface area (Å²) in [6.07, 6.45) is 12.7. The molecular weight excluding hydrogens is 324 g/mol. The number of hydrogen-bond acceptors (Lipinski definition) is 2. The van der Waals surface area contributed by atoms with Crippen LogP contribution in [0.25, 0.3) is 11.4 Å². The van der Waals surface area contributed by atoms with Crippen LogP contribution in [-0.4, -0.2) is 19.1 Å². The number of aryl methyl sites for hydroxylation is 2. The van der Waals surface area contributed by atoms with Gasteiger partial charge in [0.1, 0.15) is 51.0 Å². The molecule has 26 heavy (non-hydrogen) atoms. The van der Waals surface area contributed by atoms with Gasteiger partial charge in [0.2, 0.25) is 12.7 Å². The lowest BCUT2D eigenvalue weighted by atomic mass is 10.2. The summed E-state index contributed by atoms with van der Waals surface area (Å²) in [7, 11) is 0. The standard InChI is InChI=1S/C20H20N6/c1-3-17-13-25-11-9-23(15-25)7-8-24-10-12-26(16-24)14-18-4-2-6-20(22-18)19(5-1)21-17/h1-6,9-12,15-16H,7-8,13-14H2/q+2. The first kappa shape index (κ1) is 15.0. The Hall–Kier alpha value is -3.28. The highest BCUT2D eigenvalue weighted by Crippen LogP contribution is 2.15. The van der Waals surface area contributed by atoms with E-state index in [4.69, 9.17) is 9.97 Å². The van der Waals surface area contributed by atoms with Gasteiger partial charge in [0.15, 0.2) is 0 Å². The fourth-order valence-electron chi connectivity index (χ4n) is 3.35. The van der Waals surface area contributed by atoms with E-state index in [1.807, 2.05) is 12.1 Å². The van der Waals surface area contributed by atoms with E-state index >= 15 is 0 Å². The van der Waals surface area contributed by atoms with Crippen molar-refractivity contribution in [2.75, 3.05) is 0 Å². The minimum Gasteiger partial charge on any atom is -0.247 e. The van der Waals surface area contributed by atoms with E-state index in [1.165, 1.54) is 0 Å². The van der Waals surface area contributed by atoms with Crippen molar-refractivity contribution in [1.82, 2.24) is 19.1 Å². The average molecular weight is 344 g/mol. The fourth-order valence-corrected chi connectivity index (χ4v) is 3.35. The second-order valence-electron chi connectivity index (χ2n) is 6.68. The zero-order valence-corrected chi connectivity index (χ0v) is 14.4. The van der Waals surface area contributed by atoms with Gasteiger partial charge in [-0.1, -0.05) is 12.1 Å². The Kier molecular flexibility index (Phi) is 3.59. The Morgan fingerprint density at radius 3 is 1.69 bits per heavy atom. The van der Waals surface area contributed by atoms with Gasteiger partial charge in [0.25, 0.3) is 0 Å². The van der Waals surface area contributed by atoms with Crippen molar-refractivity contribution >= 4 is 0 Å². The van der Waals surface area contributed by atoms with Gasteiger partial charge in [0.05, 0.1) is 22.8 Å². The van der Waals surface area contributed by atoms with Crippen LogP contribution in [0.5, 0.6) is 0 Å². The molecule has 4 aromatic rings. The van der Waals surface area contributed by atoms with E-state index in [9.17, 15) is 0 Å². The maximum absolute atomic E-state index is 4.82. The molecule has 8 bridgehead atoms. The Balaban J connectivity index is 1.60. The minimum absolute atomic E-state index is 0.754. The Labute approximate surface area is 151 Å². The van der Waals surface area contributed by atoms with Crippen LogP contribution in [0.15, 0.2) is 73.8 Å². The normalized spacial score (nSPS) is 13.5. The van der Waals surface area contributed by atoms with Crippen LogP contribution in [0, 0.1) is 0 Å². The second-order valence-corrected chi connectivity index (χ2v) is 6.68. The van der Waals surface area contributed by atoms with Crippen LogP contribution in [-0.2, 0) is 26.2 Å². The maximum Gasteiger partial charge on any atom is 0.244 e. The molecule has 128 valence electrons. The van der Waals surface area contributed by atoms with E-state index in [0.29, 0.717) is 0 Å². The number of pyridine rings is 2. The van der Waals surface area contributed by atoms with E-state index in [2.05, 4.69) is 80.0 Å². The van der Waals surface area contributed by atoms with E-state index in [-0.39, 0.29) is 0 Å². The molecule has 0 saturated heterocycles. The van der Waals surface area contributed by atoms with Gasteiger partial charge in [-0.05, 0) is 24.3 Å². The van der Waals surface area contributed by atoms with Crippen molar-refractivity contribution in [2.24, 2.45) is 0 Å². The van der Waals surface area contributed by atoms with Crippen LogP contribution in [0.1, 0.15) is 11.4 Å². The summed E-state index contributed by atoms with van der Waals surface area (Å²) in [6.45, 7) is 3.37. The summed E-state index contributed by atoms with van der Waals surface area (Å²) in [5.74, 6) is 0. The average Bonchev–Trinajstić information content (AvgIpc) is 3.29. The van der Waals surface area contributed by atoms with Crippen molar-refractivity contribution in [2.45, 2.75) is 26.2 Å². The van der Waals surface area contributed by atoms with Crippen LogP contribution in [0.4, 0.5) is 0 Å². The van der Waals surface area contributed by atoms with Gasteiger partial charge >= 0.3 is 0 Å². The molecule has 1 aliphatic heterocycles. The third-order valence-corrected chi connectivity index (χ3v) is 4.67. The molecule has 0 radical (unpaired) electrons. The summed E-state index contributed by atoms with van der Waals surface area (Å²) < 4.78 is 8.75. The molecule has 0 atom stereocenters. The van der Waals surface area contributed by atoms with Gasteiger partial charge in [0, 0.05) is 0 Å². The third kappa shape index (κ3) is 3.01. The van der Waals surface area contributed by atoms with Crippen molar-refractivity contribution in [3.63, 3.8) is 0 Å². The lowest BCUT2D eigenvalue weighted by Crippen LogP contribution is -2.33. The zero-order valence-electron chi connectivity index (χ0n) is 14.4. The number of nitrogens with zero attached hydrogens (tertiary/aromatic N) is 6. The van der Waals surface area contributed by atoms with Crippen LogP contribution in [0.2, 0.25) is 0 Å². The smallest absolute Gasteiger partial charge is 0.244 e. The first-order valence-electron chi connectivity index (χ1n) is 8.84. The molecule has 0 saturated carbocycles. The third-order valence-electron chi connectivity index (χ3n) is 4.67. The number of aromatic nitrogens is 6. The topological polar surface area (TPSA) is 43.4 Å². The molecule has 4 aromatic heterocycles. The van der Waals surface area contributed by atoms with Gasteiger partial charge in [-0.15, -0.1) is 0 Å². The van der Waals surface area contributed by atoms with Crippen molar-refractivity contribution in [3.8, 4) is 11.4 Å². The summed E-state index contributed by atoms with van der Waals surface area (Å²) >= 11 is 0. The molecule has 0 unspecified atom stereocenters. The van der Waals surface area contributed by atoms with Crippen molar-refractivity contribution in [3.05, 3.63) is 85.2 Å². The Morgan fingerprint density at radius 2 is 1.19 bits per heavy atom. The second kappa shape index (κ2) is 6.22. The predicted octanol–water partition coefficient (Wildman–Crippen LogP) is 1.43. The number of fused-ring (bicyclic) bond motifs is 9. The van der Waals surface area contributed by atoms with Crippen molar-refractivity contribution < 1.29 is 9.13 Å². The molecule has 0 aliphatic carbocycles. The summed E-state index contributed by atoms with van der Waals surface area (Å²) in [5, 5.41) is 0. The van der Waals surface area contributed by atoms with Crippen LogP contribution >= 0.6 is 0 Å². The van der Waals surface area contributed by atoms with Gasteiger partial charge in [-0.3, -0.25) is 0 Å². The van der Waals surface area contributed by atoms with Crippen LogP contribution in [0.3, 0.4) is 0 Å². The fraction of sp³-hybridized carbons (Fsp3) is 0.200. The molecule has 0 spiro atoms. The van der Waals surface area contributed by atoms with Crippen LogP contribution < -0.4 is 9.13 Å². The molecule has 1 aliphatic rings. The molecule has 0 N–H and O–H groups in total. The molecule has 6 nitrogen and oxygen atoms in total. The van der Waals surface area contributed by atoms with Crippen molar-refractivity contribution in [1.29, 1.82) is 0 Å². The van der Waals surface area contributed by atoms with Gasteiger partial charge < -0.3 is 0 Å². The summed E-state index contributed by atoms with van der Waals surface area (Å²) in [6, 6.07) is 12.3. The largest absolute Gasteiger partial charge is 0.247 e. The highest BCUT2D eigenvalue weighted by molar-refractivity contribution is 5.54. The van der Waals surface area contributed by atoms with E-state index in [0.717, 1.165) is 49.0 Å². The van der Waals surface area contributed by atoms with Gasteiger partial charge in [-0.25, -0.2) is 28.2 Å². The highest BCUT2D eigenvalue weighted by Gasteiger charge is 2.12. The maximum atomic E-state index is 4.82. The lowest BCUT2D eigenvalue weighted by molar-refractivity contribution is -0.688. The molecule has 5 heterocycles. The first-order valence-corrected chi connectivity index (χ1v) is 8.84. The predicted molar refractivity (Wildman–Crippen MR) is 94.9 cm³/mol. The molecule has 0 amide bonds. The highest BCUT2D eigenvalue weighted by atomic mass is 15.2. The summed E-state index contributed by atoms with van der Waals surface area (Å²) in [4.78, 5) is 9.64. The molecule has 6 heteroatoms. The molecule has 5 rings (SSSR count). The van der Waals surface area contributed by atoms with E-state index in [1.54, 1.807) is 0 Å². The Morgan fingerprint density at radius 1 is 0.692 bits per heavy atom. The number of imidazole rings is 2. The number of hydrogen-bond donors (Lipinski definition) is 0. The molecule has 0 fully saturated rings. The minimum atomic E-state index is 0.754. The van der Waals surface area contributed by atoms with E-state index < -0.39 is 0 Å². The van der Waals surface area contributed by atoms with Gasteiger partial charge in [-0.2, -0.15) is 0 Å². The first-order chi connectivity index (χ1) is 12.8. The number of rotatable bonds is 0. The Bertz CT molecular complexity index is 976. The molecule has 0 aromatic carbocycles. The molecular formula is C20H20N6+2. The summed E-state index contributed by atoms with van der Waals surface area (Å²) in [5.41, 5.74) is 3.90. The zero-order chi connectivity index (χ0) is 17.3. The quantitative estimate of drug-likeness (QED) is 0.453. The lowest BCUT2D eigenvalue weighted by Gasteiger charge is -2.05.